The molecule has 1 saturated heterocycles. The topological polar surface area (TPSA) is 59.6 Å². The molecule has 1 aromatic rings. The molecule has 6 heteroatoms. The van der Waals surface area contributed by atoms with Crippen molar-refractivity contribution in [2.75, 3.05) is 26.4 Å². The summed E-state index contributed by atoms with van der Waals surface area (Å²) in [4.78, 5) is 12.3. The van der Waals surface area contributed by atoms with E-state index in [2.05, 4.69) is 10.6 Å². The number of carbonyl (C=O) groups is 1. The number of morpholine rings is 1. The van der Waals surface area contributed by atoms with Crippen LogP contribution in [0.1, 0.15) is 27.2 Å². The average molecular weight is 338 g/mol. The third kappa shape index (κ3) is 5.76. The van der Waals surface area contributed by atoms with Gasteiger partial charge in [0.05, 0.1) is 19.3 Å². The van der Waals surface area contributed by atoms with Crippen LogP contribution >= 0.6 is 0 Å². The van der Waals surface area contributed by atoms with Crippen LogP contribution in [0.25, 0.3) is 0 Å². The lowest BCUT2D eigenvalue weighted by molar-refractivity contribution is -0.124. The lowest BCUT2D eigenvalue weighted by Gasteiger charge is -2.32. The summed E-state index contributed by atoms with van der Waals surface area (Å²) in [5, 5.41) is 6.27. The molecule has 1 aliphatic rings. The minimum absolute atomic E-state index is 0.0341. The summed E-state index contributed by atoms with van der Waals surface area (Å²) in [5.41, 5.74) is -0.211. The molecule has 1 heterocycles. The van der Waals surface area contributed by atoms with E-state index in [1.165, 1.54) is 6.07 Å². The van der Waals surface area contributed by atoms with Crippen molar-refractivity contribution in [1.29, 1.82) is 0 Å². The molecule has 0 radical (unpaired) electrons. The Kier molecular flexibility index (Phi) is 6.57. The summed E-state index contributed by atoms with van der Waals surface area (Å²) in [6.07, 6.45) is 0.353. The predicted molar refractivity (Wildman–Crippen MR) is 90.5 cm³/mol. The van der Waals surface area contributed by atoms with Gasteiger partial charge in [-0.25, -0.2) is 4.39 Å². The van der Waals surface area contributed by atoms with Gasteiger partial charge in [0.25, 0.3) is 0 Å². The number of amides is 1. The molecule has 0 aliphatic carbocycles. The Hall–Kier alpha value is -1.66. The molecule has 24 heavy (non-hydrogen) atoms. The zero-order valence-electron chi connectivity index (χ0n) is 14.6. The first-order valence-electron chi connectivity index (χ1n) is 8.34. The van der Waals surface area contributed by atoms with Gasteiger partial charge < -0.3 is 20.1 Å². The van der Waals surface area contributed by atoms with Gasteiger partial charge in [-0.3, -0.25) is 4.79 Å². The Morgan fingerprint density at radius 1 is 1.46 bits per heavy atom. The quantitative estimate of drug-likeness (QED) is 0.834. The molecule has 1 amide bonds. The molecule has 2 rings (SSSR count). The van der Waals surface area contributed by atoms with E-state index < -0.39 is 5.82 Å². The Balaban J connectivity index is 1.90. The van der Waals surface area contributed by atoms with Crippen LogP contribution in [0.4, 0.5) is 4.39 Å². The highest BCUT2D eigenvalue weighted by molar-refractivity contribution is 5.77. The monoisotopic (exact) mass is 338 g/mol. The van der Waals surface area contributed by atoms with Crippen molar-refractivity contribution in [3.05, 3.63) is 30.1 Å². The van der Waals surface area contributed by atoms with Crippen molar-refractivity contribution >= 4 is 5.91 Å². The van der Waals surface area contributed by atoms with Gasteiger partial charge in [-0.2, -0.15) is 0 Å². The summed E-state index contributed by atoms with van der Waals surface area (Å²) >= 11 is 0. The van der Waals surface area contributed by atoms with Gasteiger partial charge in [-0.1, -0.05) is 32.9 Å². The van der Waals surface area contributed by atoms with E-state index in [0.29, 0.717) is 19.6 Å². The molecule has 5 nitrogen and oxygen atoms in total. The van der Waals surface area contributed by atoms with Gasteiger partial charge in [0.1, 0.15) is 6.61 Å². The number of halogens is 1. The smallest absolute Gasteiger partial charge is 0.222 e. The molecule has 2 atom stereocenters. The molecular weight excluding hydrogens is 311 g/mol. The maximum atomic E-state index is 13.7. The van der Waals surface area contributed by atoms with Crippen LogP contribution in [-0.2, 0) is 9.53 Å². The van der Waals surface area contributed by atoms with Gasteiger partial charge >= 0.3 is 0 Å². The fourth-order valence-electron chi connectivity index (χ4n) is 2.47. The third-order valence-corrected chi connectivity index (χ3v) is 4.05. The standard InChI is InChI=1S/C18H27FN2O3/c1-18(2,3)16(12-24-15-7-5-4-6-14(15)19)21-17(22)10-13-11-23-9-8-20-13/h4-7,13,16,20H,8-12H2,1-3H3,(H,21,22). The first kappa shape index (κ1) is 18.7. The average Bonchev–Trinajstić information content (AvgIpc) is 2.52. The molecule has 0 bridgehead atoms. The van der Waals surface area contributed by atoms with E-state index in [0.717, 1.165) is 6.54 Å². The van der Waals surface area contributed by atoms with Gasteiger partial charge in [0.15, 0.2) is 11.6 Å². The third-order valence-electron chi connectivity index (χ3n) is 4.05. The summed E-state index contributed by atoms with van der Waals surface area (Å²) in [5.74, 6) is -0.265. The van der Waals surface area contributed by atoms with Crippen LogP contribution in [0.15, 0.2) is 24.3 Å². The molecule has 0 spiro atoms. The number of hydrogen-bond donors (Lipinski definition) is 2. The van der Waals surface area contributed by atoms with Gasteiger partial charge in [-0.15, -0.1) is 0 Å². The minimum atomic E-state index is -0.403. The van der Waals surface area contributed by atoms with Crippen molar-refractivity contribution in [1.82, 2.24) is 10.6 Å². The van der Waals surface area contributed by atoms with Crippen molar-refractivity contribution in [3.63, 3.8) is 0 Å². The lowest BCUT2D eigenvalue weighted by atomic mass is 9.87. The van der Waals surface area contributed by atoms with Crippen LogP contribution in [0, 0.1) is 11.2 Å². The highest BCUT2D eigenvalue weighted by Crippen LogP contribution is 2.22. The van der Waals surface area contributed by atoms with E-state index in [1.54, 1.807) is 18.2 Å². The Bertz CT molecular complexity index is 539. The Morgan fingerprint density at radius 2 is 2.21 bits per heavy atom. The molecule has 0 aromatic heterocycles. The van der Waals surface area contributed by atoms with Crippen LogP contribution in [0.5, 0.6) is 5.75 Å². The van der Waals surface area contributed by atoms with Gasteiger partial charge in [0.2, 0.25) is 5.91 Å². The van der Waals surface area contributed by atoms with Crippen LogP contribution in [0.2, 0.25) is 0 Å². The summed E-state index contributed by atoms with van der Waals surface area (Å²) in [7, 11) is 0. The lowest BCUT2D eigenvalue weighted by Crippen LogP contribution is -2.50. The fourth-order valence-corrected chi connectivity index (χ4v) is 2.47. The normalized spacial score (nSPS) is 19.6. The van der Waals surface area contributed by atoms with Crippen LogP contribution in [-0.4, -0.2) is 44.4 Å². The number of ether oxygens (including phenoxy) is 2. The number of benzene rings is 1. The second-order valence-electron chi connectivity index (χ2n) is 7.16. The number of rotatable bonds is 6. The zero-order valence-corrected chi connectivity index (χ0v) is 14.6. The largest absolute Gasteiger partial charge is 0.488 e. The molecule has 1 aromatic carbocycles. The van der Waals surface area contributed by atoms with E-state index in [-0.39, 0.29) is 35.8 Å². The van der Waals surface area contributed by atoms with Gasteiger partial charge in [0, 0.05) is 19.0 Å². The van der Waals surface area contributed by atoms with Crippen molar-refractivity contribution in [2.45, 2.75) is 39.3 Å². The predicted octanol–water partition coefficient (Wildman–Crippen LogP) is 2.11. The van der Waals surface area contributed by atoms with Crippen molar-refractivity contribution < 1.29 is 18.7 Å². The van der Waals surface area contributed by atoms with E-state index in [4.69, 9.17) is 9.47 Å². The second-order valence-corrected chi connectivity index (χ2v) is 7.16. The highest BCUT2D eigenvalue weighted by Gasteiger charge is 2.28. The molecule has 1 fully saturated rings. The minimum Gasteiger partial charge on any atom is -0.488 e. The van der Waals surface area contributed by atoms with Gasteiger partial charge in [-0.05, 0) is 17.5 Å². The summed E-state index contributed by atoms with van der Waals surface area (Å²) < 4.78 is 24.6. The van der Waals surface area contributed by atoms with Crippen molar-refractivity contribution in [3.8, 4) is 5.75 Å². The first-order valence-corrected chi connectivity index (χ1v) is 8.34. The fraction of sp³-hybridized carbons (Fsp3) is 0.611. The summed E-state index contributed by atoms with van der Waals surface area (Å²) in [6.45, 7) is 8.25. The maximum absolute atomic E-state index is 13.7. The molecular formula is C18H27FN2O3. The first-order chi connectivity index (χ1) is 11.4. The van der Waals surface area contributed by atoms with Crippen molar-refractivity contribution in [2.24, 2.45) is 5.41 Å². The number of carbonyl (C=O) groups excluding carboxylic acids is 1. The van der Waals surface area contributed by atoms with Crippen LogP contribution in [0.3, 0.4) is 0 Å². The maximum Gasteiger partial charge on any atom is 0.222 e. The molecule has 1 aliphatic heterocycles. The number of nitrogens with one attached hydrogen (secondary N) is 2. The molecule has 2 unspecified atom stereocenters. The molecule has 134 valence electrons. The molecule has 2 N–H and O–H groups in total. The SMILES string of the molecule is CC(C)(C)C(COc1ccccc1F)NC(=O)CC1COCCN1. The zero-order chi connectivity index (χ0) is 17.6. The van der Waals surface area contributed by atoms with Crippen LogP contribution < -0.4 is 15.4 Å². The highest BCUT2D eigenvalue weighted by atomic mass is 19.1. The van der Waals surface area contributed by atoms with E-state index >= 15 is 0 Å². The number of para-hydroxylation sites is 1. The Labute approximate surface area is 142 Å². The second kappa shape index (κ2) is 8.44. The van der Waals surface area contributed by atoms with E-state index in [1.807, 2.05) is 20.8 Å². The Morgan fingerprint density at radius 3 is 2.83 bits per heavy atom. The summed E-state index contributed by atoms with van der Waals surface area (Å²) in [6, 6.07) is 6.08. The molecule has 0 saturated carbocycles. The number of hydrogen-bond acceptors (Lipinski definition) is 4. The van der Waals surface area contributed by atoms with E-state index in [9.17, 15) is 9.18 Å².